The summed E-state index contributed by atoms with van der Waals surface area (Å²) in [5.74, 6) is -0.521. The van der Waals surface area contributed by atoms with Gasteiger partial charge in [-0.05, 0) is 43.7 Å². The summed E-state index contributed by atoms with van der Waals surface area (Å²) in [4.78, 5) is 11.7. The average molecular weight is 319 g/mol. The molecule has 0 bridgehead atoms. The third-order valence-corrected chi connectivity index (χ3v) is 4.70. The predicted octanol–water partition coefficient (Wildman–Crippen LogP) is 2.89. The highest BCUT2D eigenvalue weighted by atomic mass is 32.2. The lowest BCUT2D eigenvalue weighted by atomic mass is 10.2. The van der Waals surface area contributed by atoms with Crippen molar-refractivity contribution in [2.45, 2.75) is 18.7 Å². The molecule has 5 nitrogen and oxygen atoms in total. The Bertz CT molecular complexity index is 813. The summed E-state index contributed by atoms with van der Waals surface area (Å²) in [5, 5.41) is 0. The SMILES string of the molecule is COC(=O)c1cccc(NS(=O)(=O)c2ccc(C)cc2C)c1. The van der Waals surface area contributed by atoms with Crippen molar-refractivity contribution in [2.75, 3.05) is 11.8 Å². The van der Waals surface area contributed by atoms with Crippen LogP contribution in [0.4, 0.5) is 5.69 Å². The van der Waals surface area contributed by atoms with E-state index in [2.05, 4.69) is 9.46 Å². The molecule has 0 heterocycles. The van der Waals surface area contributed by atoms with Crippen molar-refractivity contribution in [3.05, 3.63) is 59.2 Å². The summed E-state index contributed by atoms with van der Waals surface area (Å²) in [7, 11) is -2.44. The van der Waals surface area contributed by atoms with Crippen LogP contribution < -0.4 is 4.72 Å². The fourth-order valence-electron chi connectivity index (χ4n) is 2.14. The number of hydrogen-bond donors (Lipinski definition) is 1. The van der Waals surface area contributed by atoms with Crippen molar-refractivity contribution in [3.8, 4) is 0 Å². The molecule has 2 rings (SSSR count). The van der Waals surface area contributed by atoms with Crippen LogP contribution in [-0.4, -0.2) is 21.5 Å². The van der Waals surface area contributed by atoms with E-state index in [4.69, 9.17) is 0 Å². The maximum Gasteiger partial charge on any atom is 0.337 e. The highest BCUT2D eigenvalue weighted by molar-refractivity contribution is 7.92. The molecule has 2 aromatic carbocycles. The van der Waals surface area contributed by atoms with Crippen LogP contribution in [0.25, 0.3) is 0 Å². The Labute approximate surface area is 130 Å². The molecule has 22 heavy (non-hydrogen) atoms. The number of carbonyl (C=O) groups excluding carboxylic acids is 1. The van der Waals surface area contributed by atoms with Crippen LogP contribution in [0.5, 0.6) is 0 Å². The monoisotopic (exact) mass is 319 g/mol. The molecule has 2 aromatic rings. The summed E-state index contributed by atoms with van der Waals surface area (Å²) in [5.41, 5.74) is 2.24. The Balaban J connectivity index is 2.35. The number of esters is 1. The van der Waals surface area contributed by atoms with Crippen molar-refractivity contribution in [2.24, 2.45) is 0 Å². The minimum Gasteiger partial charge on any atom is -0.465 e. The first-order valence-corrected chi connectivity index (χ1v) is 8.10. The Morgan fingerprint density at radius 3 is 2.45 bits per heavy atom. The highest BCUT2D eigenvalue weighted by Crippen LogP contribution is 2.21. The van der Waals surface area contributed by atoms with Gasteiger partial charge in [-0.1, -0.05) is 23.8 Å². The van der Waals surface area contributed by atoms with Crippen LogP contribution in [0.15, 0.2) is 47.4 Å². The van der Waals surface area contributed by atoms with Crippen LogP contribution >= 0.6 is 0 Å². The van der Waals surface area contributed by atoms with E-state index in [9.17, 15) is 13.2 Å². The van der Waals surface area contributed by atoms with Crippen molar-refractivity contribution >= 4 is 21.7 Å². The molecule has 0 spiro atoms. The van der Waals surface area contributed by atoms with Gasteiger partial charge in [-0.25, -0.2) is 13.2 Å². The van der Waals surface area contributed by atoms with Crippen molar-refractivity contribution in [1.82, 2.24) is 0 Å². The number of ether oxygens (including phenoxy) is 1. The zero-order chi connectivity index (χ0) is 16.3. The molecule has 0 saturated carbocycles. The topological polar surface area (TPSA) is 72.5 Å². The number of rotatable bonds is 4. The van der Waals surface area contributed by atoms with E-state index in [-0.39, 0.29) is 10.5 Å². The smallest absolute Gasteiger partial charge is 0.337 e. The molecular formula is C16H17NO4S. The molecule has 0 amide bonds. The minimum atomic E-state index is -3.71. The number of benzene rings is 2. The lowest BCUT2D eigenvalue weighted by Crippen LogP contribution is -2.14. The molecule has 0 saturated heterocycles. The summed E-state index contributed by atoms with van der Waals surface area (Å²) >= 11 is 0. The van der Waals surface area contributed by atoms with Gasteiger partial charge in [0.1, 0.15) is 0 Å². The minimum absolute atomic E-state index is 0.210. The third-order valence-electron chi connectivity index (χ3n) is 3.16. The van der Waals surface area contributed by atoms with Crippen molar-refractivity contribution < 1.29 is 17.9 Å². The average Bonchev–Trinajstić information content (AvgIpc) is 2.45. The molecule has 0 aromatic heterocycles. The van der Waals surface area contributed by atoms with Gasteiger partial charge in [-0.2, -0.15) is 0 Å². The molecule has 6 heteroatoms. The molecule has 116 valence electrons. The molecule has 0 fully saturated rings. The Kier molecular flexibility index (Phi) is 4.51. The third kappa shape index (κ3) is 3.46. The normalized spacial score (nSPS) is 11.0. The van der Waals surface area contributed by atoms with Crippen LogP contribution in [0.3, 0.4) is 0 Å². The predicted molar refractivity (Wildman–Crippen MR) is 84.5 cm³/mol. The number of nitrogens with one attached hydrogen (secondary N) is 1. The first-order chi connectivity index (χ1) is 10.3. The van der Waals surface area contributed by atoms with Crippen LogP contribution in [0, 0.1) is 13.8 Å². The summed E-state index contributed by atoms with van der Waals surface area (Å²) in [6, 6.07) is 11.3. The fourth-order valence-corrected chi connectivity index (χ4v) is 3.42. The number of methoxy groups -OCH3 is 1. The quantitative estimate of drug-likeness (QED) is 0.880. The Morgan fingerprint density at radius 1 is 1.09 bits per heavy atom. The van der Waals surface area contributed by atoms with Gasteiger partial charge in [0.25, 0.3) is 10.0 Å². The number of sulfonamides is 1. The van der Waals surface area contributed by atoms with E-state index in [0.717, 1.165) is 5.56 Å². The van der Waals surface area contributed by atoms with Crippen LogP contribution in [0.1, 0.15) is 21.5 Å². The second-order valence-electron chi connectivity index (χ2n) is 4.95. The first-order valence-electron chi connectivity index (χ1n) is 6.62. The van der Waals surface area contributed by atoms with Gasteiger partial charge >= 0.3 is 5.97 Å². The zero-order valence-corrected chi connectivity index (χ0v) is 13.4. The maximum absolute atomic E-state index is 12.5. The largest absolute Gasteiger partial charge is 0.465 e. The van der Waals surface area contributed by atoms with Gasteiger partial charge in [0.15, 0.2) is 0 Å². The summed E-state index contributed by atoms with van der Waals surface area (Å²) < 4.78 is 32.0. The lowest BCUT2D eigenvalue weighted by molar-refractivity contribution is 0.0601. The van der Waals surface area contributed by atoms with Gasteiger partial charge in [-0.3, -0.25) is 4.72 Å². The Morgan fingerprint density at radius 2 is 1.82 bits per heavy atom. The number of hydrogen-bond acceptors (Lipinski definition) is 4. The molecule has 0 atom stereocenters. The molecule has 0 unspecified atom stereocenters. The molecule has 0 aliphatic heterocycles. The van der Waals surface area contributed by atoms with Gasteiger partial charge in [-0.15, -0.1) is 0 Å². The van der Waals surface area contributed by atoms with Crippen LogP contribution in [0.2, 0.25) is 0 Å². The number of carbonyl (C=O) groups is 1. The summed E-state index contributed by atoms with van der Waals surface area (Å²) in [6.45, 7) is 3.64. The van der Waals surface area contributed by atoms with E-state index >= 15 is 0 Å². The standard InChI is InChI=1S/C16H17NO4S/c1-11-7-8-15(12(2)9-11)22(19,20)17-14-6-4-5-13(10-14)16(18)21-3/h4-10,17H,1-3H3. The van der Waals surface area contributed by atoms with Crippen LogP contribution in [-0.2, 0) is 14.8 Å². The van der Waals surface area contributed by atoms with Gasteiger partial charge < -0.3 is 4.74 Å². The molecular weight excluding hydrogens is 302 g/mol. The Hall–Kier alpha value is -2.34. The van der Waals surface area contributed by atoms with E-state index < -0.39 is 16.0 Å². The number of anilines is 1. The summed E-state index contributed by atoms with van der Waals surface area (Å²) in [6.07, 6.45) is 0. The molecule has 0 aliphatic carbocycles. The fraction of sp³-hybridized carbons (Fsp3) is 0.188. The van der Waals surface area contributed by atoms with Crippen molar-refractivity contribution in [1.29, 1.82) is 0 Å². The van der Waals surface area contributed by atoms with Gasteiger partial charge in [0.05, 0.1) is 17.6 Å². The first kappa shape index (κ1) is 16.0. The lowest BCUT2D eigenvalue weighted by Gasteiger charge is -2.11. The maximum atomic E-state index is 12.5. The van der Waals surface area contributed by atoms with Crippen molar-refractivity contribution in [3.63, 3.8) is 0 Å². The number of aryl methyl sites for hydroxylation is 2. The second-order valence-corrected chi connectivity index (χ2v) is 6.60. The highest BCUT2D eigenvalue weighted by Gasteiger charge is 2.17. The van der Waals surface area contributed by atoms with E-state index in [1.807, 2.05) is 6.92 Å². The van der Waals surface area contributed by atoms with Gasteiger partial charge in [0, 0.05) is 5.69 Å². The van der Waals surface area contributed by atoms with E-state index in [0.29, 0.717) is 11.3 Å². The molecule has 1 N–H and O–H groups in total. The van der Waals surface area contributed by atoms with E-state index in [1.54, 1.807) is 43.3 Å². The second kappa shape index (κ2) is 6.19. The zero-order valence-electron chi connectivity index (χ0n) is 12.6. The van der Waals surface area contributed by atoms with Gasteiger partial charge in [0.2, 0.25) is 0 Å². The molecule has 0 aliphatic rings. The molecule has 0 radical (unpaired) electrons. The van der Waals surface area contributed by atoms with E-state index in [1.165, 1.54) is 13.2 Å².